The second kappa shape index (κ2) is 9.26. The summed E-state index contributed by atoms with van der Waals surface area (Å²) in [7, 11) is -3.81. The van der Waals surface area contributed by atoms with Crippen LogP contribution < -0.4 is 4.72 Å². The number of rotatable bonds is 7. The molecule has 2 aromatic rings. The number of likely N-dealkylation sites (tertiary alicyclic amines) is 1. The standard InChI is InChI=1S/C21H30N4O4S/c1-14(2)12-19(24-30(27,28)18-9-7-15(3)8-10-18)21(26)25-11-5-6-17(13-25)20-22-16(4)23-29-20/h7-10,14,17,19,24H,5-6,11-13H2,1-4H3/t17-,19-/m1/s1. The molecule has 2 heterocycles. The Balaban J connectivity index is 1.77. The van der Waals surface area contributed by atoms with E-state index in [0.717, 1.165) is 18.4 Å². The molecule has 1 saturated heterocycles. The van der Waals surface area contributed by atoms with E-state index in [-0.39, 0.29) is 22.6 Å². The first-order valence-electron chi connectivity index (χ1n) is 10.3. The van der Waals surface area contributed by atoms with Crippen molar-refractivity contribution in [3.05, 3.63) is 41.5 Å². The Morgan fingerprint density at radius 2 is 1.97 bits per heavy atom. The number of piperidine rings is 1. The molecule has 1 aliphatic heterocycles. The van der Waals surface area contributed by atoms with Gasteiger partial charge in [0.15, 0.2) is 5.82 Å². The molecule has 9 heteroatoms. The lowest BCUT2D eigenvalue weighted by atomic mass is 9.96. The lowest BCUT2D eigenvalue weighted by Gasteiger charge is -2.34. The van der Waals surface area contributed by atoms with Crippen molar-refractivity contribution in [3.8, 4) is 0 Å². The lowest BCUT2D eigenvalue weighted by molar-refractivity contribution is -0.134. The normalized spacial score (nSPS) is 18.6. The second-order valence-electron chi connectivity index (χ2n) is 8.42. The maximum atomic E-state index is 13.3. The van der Waals surface area contributed by atoms with Crippen LogP contribution in [0.4, 0.5) is 0 Å². The van der Waals surface area contributed by atoms with Crippen molar-refractivity contribution in [3.63, 3.8) is 0 Å². The Labute approximate surface area is 178 Å². The van der Waals surface area contributed by atoms with Crippen molar-refractivity contribution in [2.75, 3.05) is 13.1 Å². The van der Waals surface area contributed by atoms with E-state index in [9.17, 15) is 13.2 Å². The Kier molecular flexibility index (Phi) is 6.92. The van der Waals surface area contributed by atoms with Crippen LogP contribution in [0, 0.1) is 19.8 Å². The molecule has 1 aliphatic rings. The van der Waals surface area contributed by atoms with E-state index in [1.807, 2.05) is 20.8 Å². The minimum Gasteiger partial charge on any atom is -0.341 e. The third-order valence-corrected chi connectivity index (χ3v) is 6.75. The average molecular weight is 435 g/mol. The number of nitrogens with one attached hydrogen (secondary N) is 1. The van der Waals surface area contributed by atoms with Gasteiger partial charge in [-0.1, -0.05) is 36.7 Å². The van der Waals surface area contributed by atoms with E-state index in [1.54, 1.807) is 36.1 Å². The zero-order valence-corrected chi connectivity index (χ0v) is 18.8. The first-order valence-corrected chi connectivity index (χ1v) is 11.8. The van der Waals surface area contributed by atoms with E-state index < -0.39 is 16.1 Å². The molecular formula is C21H30N4O4S. The molecule has 0 aliphatic carbocycles. The highest BCUT2D eigenvalue weighted by Crippen LogP contribution is 2.27. The first kappa shape index (κ1) is 22.4. The highest BCUT2D eigenvalue weighted by Gasteiger charge is 2.34. The van der Waals surface area contributed by atoms with Gasteiger partial charge in [-0.05, 0) is 51.2 Å². The van der Waals surface area contributed by atoms with Crippen molar-refractivity contribution in [2.45, 2.75) is 63.8 Å². The molecule has 30 heavy (non-hydrogen) atoms. The number of sulfonamides is 1. The van der Waals surface area contributed by atoms with Crippen LogP contribution >= 0.6 is 0 Å². The summed E-state index contributed by atoms with van der Waals surface area (Å²) in [5, 5.41) is 3.84. The number of hydrogen-bond acceptors (Lipinski definition) is 6. The van der Waals surface area contributed by atoms with Gasteiger partial charge in [0, 0.05) is 13.1 Å². The van der Waals surface area contributed by atoms with Gasteiger partial charge in [0.25, 0.3) is 0 Å². The molecule has 2 atom stereocenters. The smallest absolute Gasteiger partial charge is 0.241 e. The Morgan fingerprint density at radius 1 is 1.27 bits per heavy atom. The monoisotopic (exact) mass is 434 g/mol. The number of carbonyl (C=O) groups is 1. The summed E-state index contributed by atoms with van der Waals surface area (Å²) in [5.41, 5.74) is 0.972. The van der Waals surface area contributed by atoms with Crippen LogP contribution in [0.1, 0.15) is 56.3 Å². The summed E-state index contributed by atoms with van der Waals surface area (Å²) in [5.74, 6) is 1.01. The fourth-order valence-electron chi connectivity index (χ4n) is 3.72. The van der Waals surface area contributed by atoms with Gasteiger partial charge in [0.2, 0.25) is 21.8 Å². The molecule has 0 unspecified atom stereocenters. The minimum absolute atomic E-state index is 0.0303. The second-order valence-corrected chi connectivity index (χ2v) is 10.1. The van der Waals surface area contributed by atoms with Crippen LogP contribution in [0.25, 0.3) is 0 Å². The molecule has 0 bridgehead atoms. The highest BCUT2D eigenvalue weighted by molar-refractivity contribution is 7.89. The van der Waals surface area contributed by atoms with Gasteiger partial charge >= 0.3 is 0 Å². The zero-order chi connectivity index (χ0) is 21.9. The summed E-state index contributed by atoms with van der Waals surface area (Å²) in [6.07, 6.45) is 2.08. The number of benzene rings is 1. The minimum atomic E-state index is -3.81. The number of nitrogens with zero attached hydrogens (tertiary/aromatic N) is 3. The average Bonchev–Trinajstić information content (AvgIpc) is 3.13. The number of aromatic nitrogens is 2. The molecule has 1 aromatic carbocycles. The highest BCUT2D eigenvalue weighted by atomic mass is 32.2. The topological polar surface area (TPSA) is 105 Å². The molecule has 0 radical (unpaired) electrons. The molecule has 0 saturated carbocycles. The fraction of sp³-hybridized carbons (Fsp3) is 0.571. The lowest BCUT2D eigenvalue weighted by Crippen LogP contribution is -2.51. The summed E-state index contributed by atoms with van der Waals surface area (Å²) in [4.78, 5) is 19.5. The molecule has 3 rings (SSSR count). The number of carbonyl (C=O) groups excluding carboxylic acids is 1. The molecule has 1 amide bonds. The van der Waals surface area contributed by atoms with Crippen molar-refractivity contribution < 1.29 is 17.7 Å². The van der Waals surface area contributed by atoms with E-state index in [0.29, 0.717) is 31.2 Å². The molecule has 1 N–H and O–H groups in total. The van der Waals surface area contributed by atoms with Gasteiger partial charge in [-0.2, -0.15) is 9.71 Å². The molecule has 0 spiro atoms. The molecule has 164 valence electrons. The van der Waals surface area contributed by atoms with Crippen LogP contribution in [0.5, 0.6) is 0 Å². The van der Waals surface area contributed by atoms with Crippen molar-refractivity contribution >= 4 is 15.9 Å². The third kappa shape index (κ3) is 5.46. The van der Waals surface area contributed by atoms with E-state index in [1.165, 1.54) is 0 Å². The van der Waals surface area contributed by atoms with Crippen LogP contribution in [-0.4, -0.2) is 48.5 Å². The summed E-state index contributed by atoms with van der Waals surface area (Å²) in [6.45, 7) is 8.63. The van der Waals surface area contributed by atoms with Crippen LogP contribution in [0.15, 0.2) is 33.7 Å². The number of hydrogen-bond donors (Lipinski definition) is 1. The zero-order valence-electron chi connectivity index (χ0n) is 18.0. The van der Waals surface area contributed by atoms with Crippen molar-refractivity contribution in [2.24, 2.45) is 5.92 Å². The Hall–Kier alpha value is -2.26. The van der Waals surface area contributed by atoms with Gasteiger partial charge in [-0.25, -0.2) is 8.42 Å². The van der Waals surface area contributed by atoms with Gasteiger partial charge in [0.05, 0.1) is 10.8 Å². The summed E-state index contributed by atoms with van der Waals surface area (Å²) in [6, 6.07) is 5.79. The van der Waals surface area contributed by atoms with Crippen LogP contribution in [0.3, 0.4) is 0 Å². The Bertz CT molecular complexity index is 969. The van der Waals surface area contributed by atoms with E-state index >= 15 is 0 Å². The van der Waals surface area contributed by atoms with Crippen LogP contribution in [0.2, 0.25) is 0 Å². The van der Waals surface area contributed by atoms with Crippen LogP contribution in [-0.2, 0) is 14.8 Å². The van der Waals surface area contributed by atoms with Gasteiger partial charge in [-0.3, -0.25) is 4.79 Å². The van der Waals surface area contributed by atoms with E-state index in [2.05, 4.69) is 14.9 Å². The van der Waals surface area contributed by atoms with Crippen molar-refractivity contribution in [1.82, 2.24) is 19.8 Å². The van der Waals surface area contributed by atoms with Gasteiger partial charge in [0.1, 0.15) is 6.04 Å². The predicted molar refractivity (Wildman–Crippen MR) is 112 cm³/mol. The molecular weight excluding hydrogens is 404 g/mol. The first-order chi connectivity index (χ1) is 14.2. The molecule has 1 fully saturated rings. The number of aryl methyl sites for hydroxylation is 2. The summed E-state index contributed by atoms with van der Waals surface area (Å²) >= 11 is 0. The number of amides is 1. The molecule has 8 nitrogen and oxygen atoms in total. The van der Waals surface area contributed by atoms with E-state index in [4.69, 9.17) is 4.52 Å². The SMILES string of the molecule is Cc1ccc(S(=O)(=O)N[C@H](CC(C)C)C(=O)N2CCC[C@@H](c3nc(C)no3)C2)cc1. The van der Waals surface area contributed by atoms with Gasteiger partial charge in [-0.15, -0.1) is 0 Å². The third-order valence-electron chi connectivity index (χ3n) is 5.26. The summed E-state index contributed by atoms with van der Waals surface area (Å²) < 4.78 is 33.7. The van der Waals surface area contributed by atoms with Crippen molar-refractivity contribution in [1.29, 1.82) is 0 Å². The quantitative estimate of drug-likeness (QED) is 0.718. The maximum absolute atomic E-state index is 13.3. The fourth-order valence-corrected chi connectivity index (χ4v) is 4.92. The Morgan fingerprint density at radius 3 is 2.57 bits per heavy atom. The molecule has 1 aromatic heterocycles. The largest absolute Gasteiger partial charge is 0.341 e. The van der Waals surface area contributed by atoms with Gasteiger partial charge < -0.3 is 9.42 Å². The predicted octanol–water partition coefficient (Wildman–Crippen LogP) is 2.79. The maximum Gasteiger partial charge on any atom is 0.241 e.